The summed E-state index contributed by atoms with van der Waals surface area (Å²) in [6.45, 7) is 4.68. The minimum atomic E-state index is -0.305. The molecule has 8 heteroatoms. The molecule has 2 aliphatic rings. The number of pyridine rings is 3. The summed E-state index contributed by atoms with van der Waals surface area (Å²) in [5, 5.41) is 0. The van der Waals surface area contributed by atoms with E-state index in [0.717, 1.165) is 131 Å². The smallest absolute Gasteiger partial charge is 0.515 e. The summed E-state index contributed by atoms with van der Waals surface area (Å²) in [6, 6.07) is 91.7. The first kappa shape index (κ1) is 54.0. The van der Waals surface area contributed by atoms with Crippen LogP contribution >= 0.6 is 0 Å². The van der Waals surface area contributed by atoms with Crippen molar-refractivity contribution in [3.05, 3.63) is 273 Å². The zero-order chi connectivity index (χ0) is 53.6. The number of hydrogen-bond acceptors (Lipinski definition) is 6. The number of rotatable bonds is 8. The van der Waals surface area contributed by atoms with Gasteiger partial charge in [0.05, 0.1) is 0 Å². The Kier molecular flexibility index (Phi) is 15.0. The van der Waals surface area contributed by atoms with Gasteiger partial charge in [-0.2, -0.15) is 0 Å². The summed E-state index contributed by atoms with van der Waals surface area (Å²) in [5.41, 5.74) is 19.7. The van der Waals surface area contributed by atoms with Crippen molar-refractivity contribution in [2.45, 2.75) is 43.9 Å². The van der Waals surface area contributed by atoms with Crippen LogP contribution in [0.1, 0.15) is 44.5 Å². The van der Waals surface area contributed by atoms with Crippen molar-refractivity contribution in [3.8, 4) is 123 Å². The van der Waals surface area contributed by atoms with E-state index in [4.69, 9.17) is 19.7 Å². The molecule has 0 spiro atoms. The predicted molar refractivity (Wildman–Crippen MR) is 319 cm³/mol. The zero-order valence-electron chi connectivity index (χ0n) is 44.9. The van der Waals surface area contributed by atoms with E-state index in [1.807, 2.05) is 73.2 Å². The molecule has 12 aromatic rings. The molecule has 0 N–H and O–H groups in total. The average molecular weight is 1410 g/mol. The first-order valence-corrected chi connectivity index (χ1v) is 27.2. The molecule has 2 unspecified atom stereocenters. The predicted octanol–water partition coefficient (Wildman–Crippen LogP) is 17.8. The molecule has 0 amide bonds. The standard InChI is InChI=1S/C74H50N5O.Ir.Pt/c1-73-39-15-40-74(73,2)71-38-43-77-72(79-71)54-36-37-65(69(48-54)80-58-17-13-16-53(47-58)68-26-14-27-70(73)78-68)64-23-8-7-22-63(64)57-45-55(61-20-5-3-18-59(61)49-28-32-51(33-29-49)66-24-9-11-41-75-66)44-56(46-57)62-21-6-4-19-60(62)50-30-34-52(35-31-50)67-25-10-12-42-76-67;;/h3-14,16-32,34,37-38,41-46H,15,39-40H2,1-2H3;;/q-5;+3;+2. The van der Waals surface area contributed by atoms with Gasteiger partial charge in [0.25, 0.3) is 0 Å². The molecular weight excluding hydrogens is 1360 g/mol. The van der Waals surface area contributed by atoms with Crippen molar-refractivity contribution in [2.75, 3.05) is 0 Å². The molecule has 1 aliphatic heterocycles. The summed E-state index contributed by atoms with van der Waals surface area (Å²) in [6.07, 6.45) is 8.53. The molecule has 8 aromatic carbocycles. The second-order valence-corrected chi connectivity index (χ2v) is 21.1. The molecule has 0 radical (unpaired) electrons. The summed E-state index contributed by atoms with van der Waals surface area (Å²) in [4.78, 5) is 24.8. The van der Waals surface area contributed by atoms with Crippen molar-refractivity contribution in [1.82, 2.24) is 24.9 Å². The Balaban J connectivity index is 0.00000333. The largest absolute Gasteiger partial charge is 3.00 e. The van der Waals surface area contributed by atoms with Crippen LogP contribution < -0.4 is 4.74 Å². The maximum Gasteiger partial charge on any atom is 3.00 e. The normalized spacial score (nSPS) is 15.8. The molecule has 14 rings (SSSR count). The fourth-order valence-electron chi connectivity index (χ4n) is 12.0. The van der Waals surface area contributed by atoms with Gasteiger partial charge >= 0.3 is 41.2 Å². The van der Waals surface area contributed by atoms with Gasteiger partial charge in [-0.3, -0.25) is 6.07 Å². The van der Waals surface area contributed by atoms with Crippen molar-refractivity contribution in [3.63, 3.8) is 0 Å². The van der Waals surface area contributed by atoms with Gasteiger partial charge in [0.15, 0.2) is 0 Å². The Morgan fingerprint density at radius 2 is 0.915 bits per heavy atom. The van der Waals surface area contributed by atoms with Crippen LogP contribution in [0.5, 0.6) is 11.5 Å². The minimum absolute atomic E-state index is 0. The van der Waals surface area contributed by atoms with Crippen LogP contribution in [0, 0.1) is 30.3 Å². The van der Waals surface area contributed by atoms with E-state index in [-0.39, 0.29) is 52.0 Å². The van der Waals surface area contributed by atoms with E-state index in [1.54, 1.807) is 0 Å². The van der Waals surface area contributed by atoms with Gasteiger partial charge in [-0.15, -0.1) is 89.0 Å². The van der Waals surface area contributed by atoms with Gasteiger partial charge in [0.2, 0.25) is 0 Å². The van der Waals surface area contributed by atoms with Crippen molar-refractivity contribution < 1.29 is 45.9 Å². The third kappa shape index (κ3) is 9.98. The van der Waals surface area contributed by atoms with Gasteiger partial charge in [0, 0.05) is 46.6 Å². The molecule has 396 valence electrons. The van der Waals surface area contributed by atoms with E-state index in [1.165, 1.54) is 0 Å². The maximum absolute atomic E-state index is 7.03. The SMILES string of the molecule is CC12CCCC1(C)c1ccnc(n1)-c1[c-]cc(-c3ccccc3-c3cc(-c4ccccc4-c4c[c-]c(-c5ccccn5)cc4)cc(-c4ccccc4-c4c[c-]c(-c5ccccn5)cc4)c3)c([c-]1)Oc1[c-]c(ccc1)-c1cccc2n1.[Ir+3].[Pt+2]. The summed E-state index contributed by atoms with van der Waals surface area (Å²) < 4.78 is 7.03. The van der Waals surface area contributed by atoms with Crippen LogP contribution in [0.2, 0.25) is 0 Å². The number of fused-ring (bicyclic) bond motifs is 13. The monoisotopic (exact) mass is 1410 g/mol. The molecule has 6 nitrogen and oxygen atoms in total. The molecular formula is C74H50IrN5OPt. The summed E-state index contributed by atoms with van der Waals surface area (Å²) in [5.74, 6) is 1.58. The molecule has 82 heavy (non-hydrogen) atoms. The fourth-order valence-corrected chi connectivity index (χ4v) is 12.0. The quantitative estimate of drug-likeness (QED) is 0.141. The Morgan fingerprint density at radius 3 is 1.46 bits per heavy atom. The van der Waals surface area contributed by atoms with Gasteiger partial charge in [0.1, 0.15) is 0 Å². The topological polar surface area (TPSA) is 73.7 Å². The van der Waals surface area contributed by atoms with E-state index >= 15 is 0 Å². The summed E-state index contributed by atoms with van der Waals surface area (Å²) in [7, 11) is 0. The van der Waals surface area contributed by atoms with Crippen molar-refractivity contribution >= 4 is 0 Å². The summed E-state index contributed by atoms with van der Waals surface area (Å²) >= 11 is 0. The van der Waals surface area contributed by atoms with Crippen molar-refractivity contribution in [1.29, 1.82) is 0 Å². The third-order valence-corrected chi connectivity index (χ3v) is 16.5. The van der Waals surface area contributed by atoms with Crippen LogP contribution in [0.25, 0.3) is 112 Å². The number of hydrogen-bond donors (Lipinski definition) is 0. The van der Waals surface area contributed by atoms with E-state index < -0.39 is 0 Å². The van der Waals surface area contributed by atoms with E-state index in [0.29, 0.717) is 22.9 Å². The molecule has 1 aliphatic carbocycles. The van der Waals surface area contributed by atoms with Crippen LogP contribution in [0.3, 0.4) is 0 Å². The Morgan fingerprint density at radius 1 is 0.402 bits per heavy atom. The van der Waals surface area contributed by atoms with Gasteiger partial charge < -0.3 is 29.7 Å². The molecule has 1 fully saturated rings. The Labute approximate surface area is 507 Å². The Hall–Kier alpha value is -8.57. The van der Waals surface area contributed by atoms with Gasteiger partial charge in [-0.1, -0.05) is 163 Å². The molecule has 4 aromatic heterocycles. The van der Waals surface area contributed by atoms with Gasteiger partial charge in [-0.05, 0) is 117 Å². The van der Waals surface area contributed by atoms with Gasteiger partial charge in [-0.25, -0.2) is 17.7 Å². The Bertz CT molecular complexity index is 4140. The second-order valence-electron chi connectivity index (χ2n) is 21.1. The third-order valence-electron chi connectivity index (χ3n) is 16.5. The van der Waals surface area contributed by atoms with Crippen LogP contribution in [-0.2, 0) is 52.0 Å². The molecule has 2 atom stereocenters. The minimum Gasteiger partial charge on any atom is -0.515 e. The second kappa shape index (κ2) is 22.8. The molecule has 1 saturated carbocycles. The first-order valence-electron chi connectivity index (χ1n) is 27.2. The number of nitrogens with zero attached hydrogens (tertiary/aromatic N) is 5. The number of aromatic nitrogens is 5. The van der Waals surface area contributed by atoms with E-state index in [2.05, 4.69) is 212 Å². The molecule has 0 saturated heterocycles. The maximum atomic E-state index is 7.03. The fraction of sp³-hybridized carbons (Fsp3) is 0.0946. The number of benzene rings is 8. The van der Waals surface area contributed by atoms with E-state index in [9.17, 15) is 0 Å². The average Bonchev–Trinajstić information content (AvgIpc) is 3.48. The molecule has 8 bridgehead atoms. The van der Waals surface area contributed by atoms with Crippen LogP contribution in [-0.4, -0.2) is 24.9 Å². The zero-order valence-corrected chi connectivity index (χ0v) is 49.5. The number of ether oxygens (including phenoxy) is 1. The molecule has 5 heterocycles. The first-order chi connectivity index (χ1) is 39.3. The van der Waals surface area contributed by atoms with Crippen LogP contribution in [0.4, 0.5) is 0 Å². The van der Waals surface area contributed by atoms with Crippen LogP contribution in [0.15, 0.2) is 231 Å². The van der Waals surface area contributed by atoms with Crippen molar-refractivity contribution in [2.24, 2.45) is 0 Å².